The molecule has 3 rings (SSSR count). The van der Waals surface area contributed by atoms with E-state index < -0.39 is 5.97 Å². The lowest BCUT2D eigenvalue weighted by molar-refractivity contribution is 0.0294. The fourth-order valence-electron chi connectivity index (χ4n) is 2.25. The van der Waals surface area contributed by atoms with E-state index in [1.54, 1.807) is 10.9 Å². The summed E-state index contributed by atoms with van der Waals surface area (Å²) in [5.74, 6) is -0.413. The van der Waals surface area contributed by atoms with Gasteiger partial charge < -0.3 is 4.74 Å². The van der Waals surface area contributed by atoms with Crippen molar-refractivity contribution < 1.29 is 9.53 Å². The number of ether oxygens (including phenoxy) is 1. The maximum absolute atomic E-state index is 12.4. The van der Waals surface area contributed by atoms with E-state index in [4.69, 9.17) is 4.74 Å². The molecular weight excluding hydrogens is 300 g/mol. The highest BCUT2D eigenvalue weighted by Crippen LogP contribution is 2.20. The maximum Gasteiger partial charge on any atom is 0.359 e. The molecule has 0 aliphatic heterocycles. The van der Waals surface area contributed by atoms with E-state index in [0.717, 1.165) is 10.7 Å². The number of hydrogen-bond acceptors (Lipinski definition) is 5. The van der Waals surface area contributed by atoms with E-state index in [-0.39, 0.29) is 6.10 Å². The van der Waals surface area contributed by atoms with Crippen molar-refractivity contribution in [2.75, 3.05) is 6.26 Å². The Morgan fingerprint density at radius 2 is 2.23 bits per heavy atom. The first kappa shape index (κ1) is 14.6. The van der Waals surface area contributed by atoms with E-state index in [0.29, 0.717) is 12.2 Å². The van der Waals surface area contributed by atoms with Crippen LogP contribution >= 0.6 is 11.8 Å². The average Bonchev–Trinajstić information content (AvgIpc) is 3.14. The summed E-state index contributed by atoms with van der Waals surface area (Å²) in [7, 11) is 0. The summed E-state index contributed by atoms with van der Waals surface area (Å²) in [6, 6.07) is 7.48. The van der Waals surface area contributed by atoms with Crippen LogP contribution in [0.25, 0.3) is 5.52 Å². The Bertz CT molecular complexity index is 782. The Morgan fingerprint density at radius 1 is 1.36 bits per heavy atom. The predicted molar refractivity (Wildman–Crippen MR) is 84.1 cm³/mol. The molecule has 6 nitrogen and oxygen atoms in total. The smallest absolute Gasteiger partial charge is 0.359 e. The summed E-state index contributed by atoms with van der Waals surface area (Å²) in [6.07, 6.45) is 7.06. The van der Waals surface area contributed by atoms with Gasteiger partial charge in [-0.3, -0.25) is 9.08 Å². The monoisotopic (exact) mass is 316 g/mol. The molecule has 114 valence electrons. The number of rotatable bonds is 5. The Balaban J connectivity index is 1.80. The van der Waals surface area contributed by atoms with Gasteiger partial charge in [0, 0.05) is 18.6 Å². The van der Waals surface area contributed by atoms with Crippen LogP contribution in [0.5, 0.6) is 0 Å². The fraction of sp³-hybridized carbons (Fsp3) is 0.267. The summed E-state index contributed by atoms with van der Waals surface area (Å²) in [5, 5.41) is 4.87. The molecule has 0 fully saturated rings. The van der Waals surface area contributed by atoms with Crippen molar-refractivity contribution in [2.24, 2.45) is 0 Å². The number of fused-ring (bicyclic) bond motifs is 1. The van der Waals surface area contributed by atoms with E-state index in [1.165, 1.54) is 11.8 Å². The molecule has 0 unspecified atom stereocenters. The van der Waals surface area contributed by atoms with Crippen molar-refractivity contribution in [3.63, 3.8) is 0 Å². The molecule has 0 saturated heterocycles. The van der Waals surface area contributed by atoms with Gasteiger partial charge in [0.25, 0.3) is 0 Å². The minimum absolute atomic E-state index is 0.286. The van der Waals surface area contributed by atoms with Gasteiger partial charge in [0.2, 0.25) is 0 Å². The van der Waals surface area contributed by atoms with Crippen molar-refractivity contribution in [2.45, 2.75) is 24.7 Å². The third kappa shape index (κ3) is 2.85. The largest absolute Gasteiger partial charge is 0.456 e. The lowest BCUT2D eigenvalue weighted by Crippen LogP contribution is -2.21. The molecule has 3 heterocycles. The molecule has 22 heavy (non-hydrogen) atoms. The molecule has 0 N–H and O–H groups in total. The SMILES string of the molecule is CSc1nc(C(=O)O[C@H](C)Cn2cccn2)c2ccccn12. The lowest BCUT2D eigenvalue weighted by Gasteiger charge is -2.12. The number of carbonyl (C=O) groups is 1. The Hall–Kier alpha value is -2.28. The first-order valence-corrected chi connectivity index (χ1v) is 8.11. The zero-order valence-electron chi connectivity index (χ0n) is 12.3. The molecule has 0 saturated carbocycles. The Labute approximate surface area is 132 Å². The highest BCUT2D eigenvalue weighted by Gasteiger charge is 2.20. The van der Waals surface area contributed by atoms with Crippen molar-refractivity contribution in [3.05, 3.63) is 48.5 Å². The molecule has 0 amide bonds. The predicted octanol–water partition coefficient (Wildman–Crippen LogP) is 2.50. The number of nitrogens with zero attached hydrogens (tertiary/aromatic N) is 4. The zero-order chi connectivity index (χ0) is 15.5. The van der Waals surface area contributed by atoms with E-state index in [9.17, 15) is 4.79 Å². The van der Waals surface area contributed by atoms with Gasteiger partial charge in [-0.25, -0.2) is 9.78 Å². The third-order valence-corrected chi connectivity index (χ3v) is 3.86. The number of carbonyl (C=O) groups excluding carboxylic acids is 1. The van der Waals surface area contributed by atoms with E-state index >= 15 is 0 Å². The normalized spacial score (nSPS) is 12.5. The number of thioether (sulfide) groups is 1. The highest BCUT2D eigenvalue weighted by molar-refractivity contribution is 7.98. The van der Waals surface area contributed by atoms with Crippen molar-refractivity contribution in [1.82, 2.24) is 19.2 Å². The van der Waals surface area contributed by atoms with Gasteiger partial charge in [-0.05, 0) is 31.4 Å². The van der Waals surface area contributed by atoms with Gasteiger partial charge in [-0.15, -0.1) is 0 Å². The Morgan fingerprint density at radius 3 is 2.95 bits per heavy atom. The quantitative estimate of drug-likeness (QED) is 0.534. The summed E-state index contributed by atoms with van der Waals surface area (Å²) >= 11 is 1.49. The second kappa shape index (κ2) is 6.23. The summed E-state index contributed by atoms with van der Waals surface area (Å²) in [4.78, 5) is 16.8. The number of aromatic nitrogens is 4. The molecule has 0 bridgehead atoms. The van der Waals surface area contributed by atoms with Crippen molar-refractivity contribution in [1.29, 1.82) is 0 Å². The standard InChI is InChI=1S/C15H16N4O2S/c1-11(10-18-8-5-7-16-18)21-14(20)13-12-6-3-4-9-19(12)15(17-13)22-2/h3-9,11H,10H2,1-2H3/t11-/m1/s1. The zero-order valence-corrected chi connectivity index (χ0v) is 13.2. The number of esters is 1. The van der Waals surface area contributed by atoms with Gasteiger partial charge in [-0.1, -0.05) is 17.8 Å². The van der Waals surface area contributed by atoms with Gasteiger partial charge in [0.15, 0.2) is 10.9 Å². The maximum atomic E-state index is 12.4. The van der Waals surface area contributed by atoms with Crippen LogP contribution in [-0.2, 0) is 11.3 Å². The van der Waals surface area contributed by atoms with Crippen LogP contribution in [0.15, 0.2) is 48.0 Å². The van der Waals surface area contributed by atoms with Crippen LogP contribution in [0.3, 0.4) is 0 Å². The molecule has 0 spiro atoms. The first-order valence-electron chi connectivity index (χ1n) is 6.88. The van der Waals surface area contributed by atoms with Crippen molar-refractivity contribution in [3.8, 4) is 0 Å². The molecule has 1 atom stereocenters. The number of hydrogen-bond donors (Lipinski definition) is 0. The summed E-state index contributed by atoms with van der Waals surface area (Å²) in [6.45, 7) is 2.35. The van der Waals surface area contributed by atoms with Gasteiger partial charge >= 0.3 is 5.97 Å². The number of imidazole rings is 1. The second-order valence-corrected chi connectivity index (χ2v) is 5.62. The van der Waals surface area contributed by atoms with E-state index in [1.807, 2.05) is 54.2 Å². The van der Waals surface area contributed by atoms with Crippen LogP contribution in [0, 0.1) is 0 Å². The summed E-state index contributed by atoms with van der Waals surface area (Å²) < 4.78 is 9.11. The van der Waals surface area contributed by atoms with Crippen LogP contribution in [-0.4, -0.2) is 37.5 Å². The van der Waals surface area contributed by atoms with E-state index in [2.05, 4.69) is 10.1 Å². The van der Waals surface area contributed by atoms with Crippen LogP contribution in [0.2, 0.25) is 0 Å². The molecule has 3 aromatic heterocycles. The molecule has 0 aromatic carbocycles. The van der Waals surface area contributed by atoms with Gasteiger partial charge in [0.05, 0.1) is 12.1 Å². The summed E-state index contributed by atoms with van der Waals surface area (Å²) in [5.41, 5.74) is 1.10. The van der Waals surface area contributed by atoms with Crippen LogP contribution in [0.1, 0.15) is 17.4 Å². The number of pyridine rings is 1. The minimum Gasteiger partial charge on any atom is -0.456 e. The average molecular weight is 316 g/mol. The Kier molecular flexibility index (Phi) is 4.15. The topological polar surface area (TPSA) is 61.4 Å². The molecule has 7 heteroatoms. The molecule has 0 aliphatic carbocycles. The van der Waals surface area contributed by atoms with Crippen molar-refractivity contribution >= 4 is 23.2 Å². The molecule has 0 aliphatic rings. The van der Waals surface area contributed by atoms with Gasteiger partial charge in [-0.2, -0.15) is 5.10 Å². The van der Waals surface area contributed by atoms with Gasteiger partial charge in [0.1, 0.15) is 6.10 Å². The van der Waals surface area contributed by atoms with Crippen LogP contribution in [0.4, 0.5) is 0 Å². The molecular formula is C15H16N4O2S. The van der Waals surface area contributed by atoms with Crippen LogP contribution < -0.4 is 0 Å². The molecule has 3 aromatic rings. The lowest BCUT2D eigenvalue weighted by atomic mass is 10.3. The third-order valence-electron chi connectivity index (χ3n) is 3.20. The first-order chi connectivity index (χ1) is 10.7. The second-order valence-electron chi connectivity index (χ2n) is 4.85. The fourth-order valence-corrected chi connectivity index (χ4v) is 2.79. The minimum atomic E-state index is -0.413. The highest BCUT2D eigenvalue weighted by atomic mass is 32.2. The molecule has 0 radical (unpaired) electrons.